The number of nitro groups is 1. The Balaban J connectivity index is 1.86. The zero-order chi connectivity index (χ0) is 15.5. The van der Waals surface area contributed by atoms with Gasteiger partial charge in [-0.25, -0.2) is 0 Å². The summed E-state index contributed by atoms with van der Waals surface area (Å²) in [5.74, 6) is -0.362. The molecule has 3 rings (SSSR count). The highest BCUT2D eigenvalue weighted by molar-refractivity contribution is 6.05. The highest BCUT2D eigenvalue weighted by Gasteiger charge is 2.10. The topological polar surface area (TPSA) is 85.1 Å². The first-order valence-corrected chi connectivity index (χ1v) is 6.54. The fourth-order valence-electron chi connectivity index (χ4n) is 2.10. The maximum absolute atomic E-state index is 12.2. The Hall–Kier alpha value is -3.28. The third kappa shape index (κ3) is 2.76. The molecule has 6 heteroatoms. The maximum atomic E-state index is 12.2. The van der Waals surface area contributed by atoms with Crippen LogP contribution < -0.4 is 5.32 Å². The molecule has 0 saturated carbocycles. The van der Waals surface area contributed by atoms with Crippen molar-refractivity contribution in [1.29, 1.82) is 0 Å². The van der Waals surface area contributed by atoms with Crippen molar-refractivity contribution in [1.82, 2.24) is 4.98 Å². The Kier molecular flexibility index (Phi) is 3.49. The van der Waals surface area contributed by atoms with Crippen LogP contribution in [-0.2, 0) is 0 Å². The minimum Gasteiger partial charge on any atom is -0.322 e. The summed E-state index contributed by atoms with van der Waals surface area (Å²) in [6.07, 6.45) is 1.48. The normalized spacial score (nSPS) is 10.4. The Morgan fingerprint density at radius 2 is 1.91 bits per heavy atom. The van der Waals surface area contributed by atoms with Crippen LogP contribution in [-0.4, -0.2) is 15.8 Å². The van der Waals surface area contributed by atoms with E-state index in [-0.39, 0.29) is 11.6 Å². The number of non-ortho nitro benzene ring substituents is 1. The Labute approximate surface area is 125 Å². The lowest BCUT2D eigenvalue weighted by molar-refractivity contribution is -0.384. The number of rotatable bonds is 3. The molecule has 0 aliphatic heterocycles. The number of carbonyl (C=O) groups excluding carboxylic acids is 1. The van der Waals surface area contributed by atoms with Gasteiger partial charge in [-0.1, -0.05) is 24.3 Å². The number of para-hydroxylation sites is 1. The fraction of sp³-hybridized carbons (Fsp3) is 0. The van der Waals surface area contributed by atoms with Crippen molar-refractivity contribution < 1.29 is 9.72 Å². The van der Waals surface area contributed by atoms with Crippen LogP contribution in [0.25, 0.3) is 10.9 Å². The van der Waals surface area contributed by atoms with Gasteiger partial charge in [0, 0.05) is 29.4 Å². The maximum Gasteiger partial charge on any atom is 0.271 e. The van der Waals surface area contributed by atoms with Crippen molar-refractivity contribution in [3.05, 3.63) is 76.5 Å². The molecule has 1 amide bonds. The van der Waals surface area contributed by atoms with E-state index < -0.39 is 4.92 Å². The van der Waals surface area contributed by atoms with Crippen LogP contribution in [0.2, 0.25) is 0 Å². The quantitative estimate of drug-likeness (QED) is 0.592. The molecule has 1 aromatic heterocycles. The molecule has 3 aromatic rings. The predicted octanol–water partition coefficient (Wildman–Crippen LogP) is 3.40. The lowest BCUT2D eigenvalue weighted by Crippen LogP contribution is -2.12. The minimum atomic E-state index is -0.507. The number of aromatic nitrogens is 1. The number of pyridine rings is 1. The number of hydrogen-bond acceptors (Lipinski definition) is 4. The van der Waals surface area contributed by atoms with E-state index in [2.05, 4.69) is 10.3 Å². The van der Waals surface area contributed by atoms with Crippen molar-refractivity contribution in [2.75, 3.05) is 5.32 Å². The number of carbonyl (C=O) groups is 1. The summed E-state index contributed by atoms with van der Waals surface area (Å²) in [5, 5.41) is 14.2. The number of hydrogen-bond donors (Lipinski definition) is 1. The first-order chi connectivity index (χ1) is 10.6. The molecule has 0 saturated heterocycles. The van der Waals surface area contributed by atoms with E-state index in [4.69, 9.17) is 0 Å². The molecular formula is C16H11N3O3. The number of nitrogens with one attached hydrogen (secondary N) is 1. The summed E-state index contributed by atoms with van der Waals surface area (Å²) in [4.78, 5) is 26.7. The molecule has 0 aliphatic carbocycles. The van der Waals surface area contributed by atoms with Gasteiger partial charge in [0.1, 0.15) is 0 Å². The predicted molar refractivity (Wildman–Crippen MR) is 82.8 cm³/mol. The standard InChI is InChI=1S/C16H11N3O3/c20-16(18-13-5-3-6-14(9-13)19(21)22)12-8-11-4-1-2-7-15(11)17-10-12/h1-10H,(H,18,20). The van der Waals surface area contributed by atoms with Crippen molar-refractivity contribution in [3.63, 3.8) is 0 Å². The van der Waals surface area contributed by atoms with Gasteiger partial charge in [-0.3, -0.25) is 19.9 Å². The first-order valence-electron chi connectivity index (χ1n) is 6.54. The number of amides is 1. The lowest BCUT2D eigenvalue weighted by atomic mass is 10.1. The van der Waals surface area contributed by atoms with Crippen molar-refractivity contribution in [2.45, 2.75) is 0 Å². The van der Waals surface area contributed by atoms with Gasteiger partial charge < -0.3 is 5.32 Å². The van der Waals surface area contributed by atoms with Gasteiger partial charge in [-0.15, -0.1) is 0 Å². The fourth-order valence-corrected chi connectivity index (χ4v) is 2.10. The minimum absolute atomic E-state index is 0.0746. The summed E-state index contributed by atoms with van der Waals surface area (Å²) in [5.41, 5.74) is 1.49. The number of benzene rings is 2. The molecule has 2 aromatic carbocycles. The van der Waals surface area contributed by atoms with Crippen LogP contribution in [0.1, 0.15) is 10.4 Å². The largest absolute Gasteiger partial charge is 0.322 e. The Bertz CT molecular complexity index is 877. The molecule has 0 radical (unpaired) electrons. The third-order valence-corrected chi connectivity index (χ3v) is 3.17. The molecule has 6 nitrogen and oxygen atoms in total. The van der Waals surface area contributed by atoms with Crippen molar-refractivity contribution >= 4 is 28.2 Å². The van der Waals surface area contributed by atoms with Gasteiger partial charge in [-0.2, -0.15) is 0 Å². The van der Waals surface area contributed by atoms with E-state index in [1.54, 1.807) is 12.1 Å². The summed E-state index contributed by atoms with van der Waals surface area (Å²) in [6.45, 7) is 0. The molecule has 0 aliphatic rings. The van der Waals surface area contributed by atoms with E-state index in [0.29, 0.717) is 11.3 Å². The van der Waals surface area contributed by atoms with Gasteiger partial charge in [0.2, 0.25) is 0 Å². The average Bonchev–Trinajstić information content (AvgIpc) is 2.54. The highest BCUT2D eigenvalue weighted by Crippen LogP contribution is 2.18. The zero-order valence-corrected chi connectivity index (χ0v) is 11.4. The lowest BCUT2D eigenvalue weighted by Gasteiger charge is -2.06. The molecule has 0 fully saturated rings. The second-order valence-corrected chi connectivity index (χ2v) is 4.68. The summed E-state index contributed by atoms with van der Waals surface area (Å²) >= 11 is 0. The van der Waals surface area contributed by atoms with Crippen molar-refractivity contribution in [2.24, 2.45) is 0 Å². The molecule has 1 heterocycles. The van der Waals surface area contributed by atoms with E-state index in [1.165, 1.54) is 24.4 Å². The molecule has 0 unspecified atom stereocenters. The van der Waals surface area contributed by atoms with Gasteiger partial charge in [0.25, 0.3) is 11.6 Å². The second kappa shape index (κ2) is 5.61. The van der Waals surface area contributed by atoms with Crippen LogP contribution in [0.4, 0.5) is 11.4 Å². The smallest absolute Gasteiger partial charge is 0.271 e. The zero-order valence-electron chi connectivity index (χ0n) is 11.4. The molecule has 108 valence electrons. The van der Waals surface area contributed by atoms with E-state index >= 15 is 0 Å². The summed E-state index contributed by atoms with van der Waals surface area (Å²) in [6, 6.07) is 15.0. The van der Waals surface area contributed by atoms with E-state index in [9.17, 15) is 14.9 Å². The monoisotopic (exact) mass is 293 g/mol. The number of nitro benzene ring substituents is 1. The van der Waals surface area contributed by atoms with Crippen LogP contribution >= 0.6 is 0 Å². The number of nitrogens with zero attached hydrogens (tertiary/aromatic N) is 2. The number of fused-ring (bicyclic) bond motifs is 1. The van der Waals surface area contributed by atoms with Gasteiger partial charge >= 0.3 is 0 Å². The van der Waals surface area contributed by atoms with Gasteiger partial charge in [0.05, 0.1) is 16.0 Å². The van der Waals surface area contributed by atoms with Crippen LogP contribution in [0.5, 0.6) is 0 Å². The number of anilines is 1. The second-order valence-electron chi connectivity index (χ2n) is 4.68. The van der Waals surface area contributed by atoms with Crippen LogP contribution in [0.15, 0.2) is 60.8 Å². The molecule has 0 bridgehead atoms. The first kappa shape index (κ1) is 13.7. The molecular weight excluding hydrogens is 282 g/mol. The molecule has 0 spiro atoms. The molecule has 0 atom stereocenters. The van der Waals surface area contributed by atoms with Gasteiger partial charge in [0.15, 0.2) is 0 Å². The molecule has 1 N–H and O–H groups in total. The van der Waals surface area contributed by atoms with Crippen molar-refractivity contribution in [3.8, 4) is 0 Å². The summed E-state index contributed by atoms with van der Waals surface area (Å²) < 4.78 is 0. The average molecular weight is 293 g/mol. The van der Waals surface area contributed by atoms with Crippen LogP contribution in [0, 0.1) is 10.1 Å². The Morgan fingerprint density at radius 1 is 1.09 bits per heavy atom. The SMILES string of the molecule is O=C(Nc1cccc([N+](=O)[O-])c1)c1cnc2ccccc2c1. The third-order valence-electron chi connectivity index (χ3n) is 3.17. The van der Waals surface area contributed by atoms with Crippen LogP contribution in [0.3, 0.4) is 0 Å². The Morgan fingerprint density at radius 3 is 2.73 bits per heavy atom. The van der Waals surface area contributed by atoms with E-state index in [0.717, 1.165) is 10.9 Å². The van der Waals surface area contributed by atoms with Gasteiger partial charge in [-0.05, 0) is 18.2 Å². The van der Waals surface area contributed by atoms with E-state index in [1.807, 2.05) is 24.3 Å². The highest BCUT2D eigenvalue weighted by atomic mass is 16.6. The molecule has 22 heavy (non-hydrogen) atoms. The summed E-state index contributed by atoms with van der Waals surface area (Å²) in [7, 11) is 0.